The number of benzene rings is 1. The maximum absolute atomic E-state index is 12.5. The molecule has 112 valence electrons. The average Bonchev–Trinajstić information content (AvgIpc) is 3.00. The molecule has 1 fully saturated rings. The summed E-state index contributed by atoms with van der Waals surface area (Å²) in [5, 5.41) is 6.45. The zero-order valence-corrected chi connectivity index (χ0v) is 11.9. The van der Waals surface area contributed by atoms with Gasteiger partial charge in [-0.1, -0.05) is 18.2 Å². The molecule has 2 aromatic rings. The molecule has 2 amide bonds. The predicted molar refractivity (Wildman–Crippen MR) is 78.4 cm³/mol. The van der Waals surface area contributed by atoms with Gasteiger partial charge in [-0.05, 0) is 24.6 Å². The van der Waals surface area contributed by atoms with Crippen molar-refractivity contribution in [2.45, 2.75) is 19.3 Å². The number of hydrogen-bond acceptors (Lipinski definition) is 4. The molecule has 1 N–H and O–H groups in total. The van der Waals surface area contributed by atoms with Gasteiger partial charge >= 0.3 is 0 Å². The van der Waals surface area contributed by atoms with E-state index in [2.05, 4.69) is 10.4 Å². The summed E-state index contributed by atoms with van der Waals surface area (Å²) in [6, 6.07) is 11.0. The number of Topliss-reactive ketones (excluding diaryl/α,β-unsaturated/α-hetero) is 1. The molecule has 1 atom stereocenters. The highest BCUT2D eigenvalue weighted by Crippen LogP contribution is 2.20. The molecule has 1 aromatic heterocycles. The summed E-state index contributed by atoms with van der Waals surface area (Å²) >= 11 is 0. The highest BCUT2D eigenvalue weighted by Gasteiger charge is 2.29. The lowest BCUT2D eigenvalue weighted by Crippen LogP contribution is -2.41. The van der Waals surface area contributed by atoms with Gasteiger partial charge in [0, 0.05) is 18.8 Å². The molecule has 6 heteroatoms. The Labute approximate surface area is 127 Å². The van der Waals surface area contributed by atoms with E-state index in [4.69, 9.17) is 0 Å². The molecule has 0 radical (unpaired) electrons. The third-order valence-electron chi connectivity index (χ3n) is 3.71. The fourth-order valence-corrected chi connectivity index (χ4v) is 2.55. The largest absolute Gasteiger partial charge is 0.296 e. The van der Waals surface area contributed by atoms with Crippen LogP contribution in [0.1, 0.15) is 29.8 Å². The maximum atomic E-state index is 12.5. The van der Waals surface area contributed by atoms with Crippen molar-refractivity contribution >= 4 is 17.6 Å². The van der Waals surface area contributed by atoms with Gasteiger partial charge < -0.3 is 0 Å². The number of carbonyl (C=O) groups is 3. The van der Waals surface area contributed by atoms with Crippen LogP contribution in [0.2, 0.25) is 0 Å². The van der Waals surface area contributed by atoms with Crippen LogP contribution < -0.4 is 5.32 Å². The van der Waals surface area contributed by atoms with E-state index in [1.54, 1.807) is 16.9 Å². The highest BCUT2D eigenvalue weighted by molar-refractivity contribution is 6.02. The van der Waals surface area contributed by atoms with Gasteiger partial charge in [-0.15, -0.1) is 0 Å². The van der Waals surface area contributed by atoms with E-state index in [1.165, 1.54) is 0 Å². The second kappa shape index (κ2) is 5.93. The molecule has 6 nitrogen and oxygen atoms in total. The average molecular weight is 297 g/mol. The van der Waals surface area contributed by atoms with Crippen LogP contribution in [0.25, 0.3) is 5.69 Å². The topological polar surface area (TPSA) is 81.1 Å². The Balaban J connectivity index is 1.78. The van der Waals surface area contributed by atoms with E-state index in [9.17, 15) is 14.4 Å². The summed E-state index contributed by atoms with van der Waals surface area (Å²) in [6.45, 7) is 0. The fraction of sp³-hybridized carbons (Fsp3) is 0.250. The van der Waals surface area contributed by atoms with Crippen molar-refractivity contribution in [2.75, 3.05) is 0 Å². The zero-order valence-electron chi connectivity index (χ0n) is 11.9. The molecular formula is C16H15N3O3. The SMILES string of the molecule is O=C1CCC(CC(=O)c2ccnn2-c2ccccc2)C(=O)N1. The minimum atomic E-state index is -0.454. The summed E-state index contributed by atoms with van der Waals surface area (Å²) in [5.41, 5.74) is 1.23. The number of ketones is 1. The van der Waals surface area contributed by atoms with Crippen LogP contribution in [0, 0.1) is 5.92 Å². The van der Waals surface area contributed by atoms with Gasteiger partial charge in [0.05, 0.1) is 11.9 Å². The quantitative estimate of drug-likeness (QED) is 0.685. The van der Waals surface area contributed by atoms with Crippen molar-refractivity contribution in [3.8, 4) is 5.69 Å². The number of nitrogens with one attached hydrogen (secondary N) is 1. The lowest BCUT2D eigenvalue weighted by atomic mass is 9.92. The second-order valence-electron chi connectivity index (χ2n) is 5.24. The Morgan fingerprint density at radius 2 is 2.00 bits per heavy atom. The van der Waals surface area contributed by atoms with Crippen LogP contribution in [0.4, 0.5) is 0 Å². The van der Waals surface area contributed by atoms with Crippen molar-refractivity contribution < 1.29 is 14.4 Å². The Bertz CT molecular complexity index is 721. The third kappa shape index (κ3) is 2.81. The van der Waals surface area contributed by atoms with Crippen LogP contribution in [0.3, 0.4) is 0 Å². The van der Waals surface area contributed by atoms with Crippen molar-refractivity contribution in [2.24, 2.45) is 5.92 Å². The molecule has 0 saturated carbocycles. The Morgan fingerprint density at radius 1 is 1.23 bits per heavy atom. The first kappa shape index (κ1) is 14.2. The summed E-state index contributed by atoms with van der Waals surface area (Å²) in [4.78, 5) is 35.4. The molecule has 1 saturated heterocycles. The summed E-state index contributed by atoms with van der Waals surface area (Å²) in [6.07, 6.45) is 2.33. The molecule has 2 heterocycles. The van der Waals surface area contributed by atoms with Crippen LogP contribution >= 0.6 is 0 Å². The Hall–Kier alpha value is -2.76. The number of hydrogen-bond donors (Lipinski definition) is 1. The first-order valence-electron chi connectivity index (χ1n) is 7.11. The Morgan fingerprint density at radius 3 is 2.73 bits per heavy atom. The van der Waals surface area contributed by atoms with E-state index in [0.29, 0.717) is 12.1 Å². The summed E-state index contributed by atoms with van der Waals surface area (Å²) < 4.78 is 1.56. The number of para-hydroxylation sites is 1. The number of imide groups is 1. The van der Waals surface area contributed by atoms with Gasteiger partial charge in [0.25, 0.3) is 0 Å². The molecular weight excluding hydrogens is 282 g/mol. The number of aromatic nitrogens is 2. The number of carbonyl (C=O) groups excluding carboxylic acids is 3. The van der Waals surface area contributed by atoms with Gasteiger partial charge in [-0.2, -0.15) is 5.10 Å². The van der Waals surface area contributed by atoms with Gasteiger partial charge in [-0.3, -0.25) is 19.7 Å². The predicted octanol–water partition coefficient (Wildman–Crippen LogP) is 1.50. The fourth-order valence-electron chi connectivity index (χ4n) is 2.55. The van der Waals surface area contributed by atoms with Gasteiger partial charge in [0.15, 0.2) is 5.78 Å². The molecule has 1 unspecified atom stereocenters. The minimum absolute atomic E-state index is 0.0810. The van der Waals surface area contributed by atoms with Gasteiger partial charge in [0.1, 0.15) is 5.69 Å². The number of rotatable bonds is 4. The molecule has 1 aromatic carbocycles. The third-order valence-corrected chi connectivity index (χ3v) is 3.71. The van der Waals surface area contributed by atoms with Crippen molar-refractivity contribution in [1.82, 2.24) is 15.1 Å². The molecule has 3 rings (SSSR count). The van der Waals surface area contributed by atoms with Crippen LogP contribution in [0.5, 0.6) is 0 Å². The van der Waals surface area contributed by atoms with Crippen LogP contribution in [-0.2, 0) is 9.59 Å². The molecule has 0 aliphatic carbocycles. The molecule has 0 bridgehead atoms. The highest BCUT2D eigenvalue weighted by atomic mass is 16.2. The normalized spacial score (nSPS) is 18.1. The smallest absolute Gasteiger partial charge is 0.230 e. The van der Waals surface area contributed by atoms with Gasteiger partial charge in [0.2, 0.25) is 11.8 Å². The maximum Gasteiger partial charge on any atom is 0.230 e. The molecule has 1 aliphatic rings. The number of piperidine rings is 1. The van der Waals surface area contributed by atoms with E-state index >= 15 is 0 Å². The number of nitrogens with zero attached hydrogens (tertiary/aromatic N) is 2. The van der Waals surface area contributed by atoms with Crippen molar-refractivity contribution in [1.29, 1.82) is 0 Å². The number of amides is 2. The first-order valence-corrected chi connectivity index (χ1v) is 7.11. The van der Waals surface area contributed by atoms with E-state index in [1.807, 2.05) is 30.3 Å². The Kier molecular flexibility index (Phi) is 3.82. The lowest BCUT2D eigenvalue weighted by molar-refractivity contribution is -0.136. The monoisotopic (exact) mass is 297 g/mol. The summed E-state index contributed by atoms with van der Waals surface area (Å²) in [5.74, 6) is -1.25. The summed E-state index contributed by atoms with van der Waals surface area (Å²) in [7, 11) is 0. The van der Waals surface area contributed by atoms with Crippen LogP contribution in [0.15, 0.2) is 42.6 Å². The second-order valence-corrected chi connectivity index (χ2v) is 5.24. The molecule has 1 aliphatic heterocycles. The molecule has 22 heavy (non-hydrogen) atoms. The van der Waals surface area contributed by atoms with E-state index < -0.39 is 5.92 Å². The van der Waals surface area contributed by atoms with Crippen molar-refractivity contribution in [3.63, 3.8) is 0 Å². The van der Waals surface area contributed by atoms with Crippen molar-refractivity contribution in [3.05, 3.63) is 48.3 Å². The molecule has 0 spiro atoms. The first-order chi connectivity index (χ1) is 10.6. The van der Waals surface area contributed by atoms with E-state index in [-0.39, 0.29) is 30.4 Å². The van der Waals surface area contributed by atoms with Gasteiger partial charge in [-0.25, -0.2) is 4.68 Å². The van der Waals surface area contributed by atoms with Crippen LogP contribution in [-0.4, -0.2) is 27.4 Å². The zero-order chi connectivity index (χ0) is 15.5. The standard InChI is InChI=1S/C16H15N3O3/c20-14(10-11-6-7-15(21)18-16(11)22)13-8-9-17-19(13)12-4-2-1-3-5-12/h1-5,8-9,11H,6-7,10H2,(H,18,21,22). The lowest BCUT2D eigenvalue weighted by Gasteiger charge is -2.20. The minimum Gasteiger partial charge on any atom is -0.296 e. The van der Waals surface area contributed by atoms with E-state index in [0.717, 1.165) is 5.69 Å².